The lowest BCUT2D eigenvalue weighted by Gasteiger charge is -2.31. The molecule has 7 heteroatoms. The predicted molar refractivity (Wildman–Crippen MR) is 107 cm³/mol. The summed E-state index contributed by atoms with van der Waals surface area (Å²) in [5.74, 6) is -0.637. The van der Waals surface area contributed by atoms with Gasteiger partial charge in [-0.1, -0.05) is 30.3 Å². The van der Waals surface area contributed by atoms with Crippen molar-refractivity contribution in [3.63, 3.8) is 0 Å². The standard InChI is InChI=1S/C21H22N4O3/c26-19(22-16-6-7-17-18(13-16)24-21(28)23-17)20(27)25-10-8-15(9-11-25)12-14-4-2-1-3-5-14/h1-7,13,15H,8-12H2,(H,22,26)(H2,23,24,28). The fourth-order valence-electron chi connectivity index (χ4n) is 3.73. The van der Waals surface area contributed by atoms with Crippen molar-refractivity contribution in [3.05, 3.63) is 64.6 Å². The molecule has 0 bridgehead atoms. The average molecular weight is 378 g/mol. The summed E-state index contributed by atoms with van der Waals surface area (Å²) >= 11 is 0. The zero-order valence-electron chi connectivity index (χ0n) is 15.4. The lowest BCUT2D eigenvalue weighted by molar-refractivity contribution is -0.144. The summed E-state index contributed by atoms with van der Waals surface area (Å²) in [5.41, 5.74) is 2.70. The van der Waals surface area contributed by atoms with Crippen LogP contribution in [0.4, 0.5) is 5.69 Å². The second-order valence-electron chi connectivity index (χ2n) is 7.22. The lowest BCUT2D eigenvalue weighted by atomic mass is 9.90. The molecule has 3 N–H and O–H groups in total. The number of aromatic amines is 2. The topological polar surface area (TPSA) is 98.1 Å². The molecule has 1 aliphatic rings. The molecule has 2 aromatic carbocycles. The molecule has 28 heavy (non-hydrogen) atoms. The van der Waals surface area contributed by atoms with Crippen molar-refractivity contribution in [2.24, 2.45) is 5.92 Å². The highest BCUT2D eigenvalue weighted by atomic mass is 16.2. The summed E-state index contributed by atoms with van der Waals surface area (Å²) in [6.45, 7) is 1.18. The normalized spacial score (nSPS) is 14.9. The Labute approximate surface area is 161 Å². The minimum Gasteiger partial charge on any atom is -0.334 e. The Morgan fingerprint density at radius 2 is 1.71 bits per heavy atom. The molecule has 1 fully saturated rings. The molecule has 1 aromatic heterocycles. The van der Waals surface area contributed by atoms with Crippen LogP contribution in [0.1, 0.15) is 18.4 Å². The van der Waals surface area contributed by atoms with Gasteiger partial charge in [0.1, 0.15) is 0 Å². The Morgan fingerprint density at radius 3 is 2.46 bits per heavy atom. The van der Waals surface area contributed by atoms with Crippen LogP contribution in [0, 0.1) is 5.92 Å². The number of hydrogen-bond acceptors (Lipinski definition) is 3. The van der Waals surface area contributed by atoms with Crippen LogP contribution in [0.5, 0.6) is 0 Å². The third-order valence-corrected chi connectivity index (χ3v) is 5.24. The van der Waals surface area contributed by atoms with Crippen molar-refractivity contribution in [2.75, 3.05) is 18.4 Å². The summed E-state index contributed by atoms with van der Waals surface area (Å²) in [7, 11) is 0. The van der Waals surface area contributed by atoms with Crippen LogP contribution in [0.2, 0.25) is 0 Å². The first kappa shape index (κ1) is 18.0. The number of imidazole rings is 1. The van der Waals surface area contributed by atoms with Crippen LogP contribution >= 0.6 is 0 Å². The summed E-state index contributed by atoms with van der Waals surface area (Å²) in [6, 6.07) is 15.3. The van der Waals surface area contributed by atoms with E-state index >= 15 is 0 Å². The van der Waals surface area contributed by atoms with Gasteiger partial charge in [0.05, 0.1) is 11.0 Å². The third kappa shape index (κ3) is 3.98. The monoisotopic (exact) mass is 378 g/mol. The number of carbonyl (C=O) groups is 2. The highest BCUT2D eigenvalue weighted by Crippen LogP contribution is 2.22. The van der Waals surface area contributed by atoms with E-state index in [-0.39, 0.29) is 5.69 Å². The minimum atomic E-state index is -0.654. The Hall–Kier alpha value is -3.35. The maximum absolute atomic E-state index is 12.5. The summed E-state index contributed by atoms with van der Waals surface area (Å²) in [6.07, 6.45) is 2.79. The van der Waals surface area contributed by atoms with E-state index in [9.17, 15) is 14.4 Å². The molecule has 4 rings (SSSR count). The van der Waals surface area contributed by atoms with Gasteiger partial charge in [0.2, 0.25) is 0 Å². The molecule has 0 spiro atoms. The molecule has 0 radical (unpaired) electrons. The molecule has 0 unspecified atom stereocenters. The number of nitrogens with zero attached hydrogens (tertiary/aromatic N) is 1. The van der Waals surface area contributed by atoms with Gasteiger partial charge in [-0.15, -0.1) is 0 Å². The number of hydrogen-bond donors (Lipinski definition) is 3. The Bertz CT molecular complexity index is 1050. The minimum absolute atomic E-state index is 0.312. The molecule has 0 atom stereocenters. The lowest BCUT2D eigenvalue weighted by Crippen LogP contribution is -2.44. The van der Waals surface area contributed by atoms with E-state index in [1.165, 1.54) is 5.56 Å². The molecule has 0 saturated carbocycles. The van der Waals surface area contributed by atoms with Gasteiger partial charge in [0.25, 0.3) is 0 Å². The van der Waals surface area contributed by atoms with Crippen LogP contribution in [-0.4, -0.2) is 39.8 Å². The van der Waals surface area contributed by atoms with Gasteiger partial charge in [-0.2, -0.15) is 0 Å². The first-order valence-electron chi connectivity index (χ1n) is 9.45. The van der Waals surface area contributed by atoms with Crippen LogP contribution in [-0.2, 0) is 16.0 Å². The third-order valence-electron chi connectivity index (χ3n) is 5.24. The Kier molecular flexibility index (Phi) is 4.97. The van der Waals surface area contributed by atoms with E-state index in [2.05, 4.69) is 27.4 Å². The molecule has 1 aliphatic heterocycles. The van der Waals surface area contributed by atoms with E-state index in [4.69, 9.17) is 0 Å². The zero-order chi connectivity index (χ0) is 19.5. The van der Waals surface area contributed by atoms with Crippen molar-refractivity contribution < 1.29 is 9.59 Å². The van der Waals surface area contributed by atoms with Gasteiger partial charge in [0.15, 0.2) is 0 Å². The van der Waals surface area contributed by atoms with Gasteiger partial charge < -0.3 is 20.2 Å². The number of carbonyl (C=O) groups excluding carboxylic acids is 2. The van der Waals surface area contributed by atoms with E-state index in [0.717, 1.165) is 19.3 Å². The largest absolute Gasteiger partial charge is 0.334 e. The molecule has 3 aromatic rings. The molecule has 0 aliphatic carbocycles. The number of rotatable bonds is 3. The number of nitrogens with one attached hydrogen (secondary N) is 3. The SMILES string of the molecule is O=C(Nc1ccc2[nH]c(=O)[nH]c2c1)C(=O)N1CCC(Cc2ccccc2)CC1. The van der Waals surface area contributed by atoms with E-state index in [0.29, 0.717) is 35.7 Å². The molecular weight excluding hydrogens is 356 g/mol. The maximum Gasteiger partial charge on any atom is 0.323 e. The van der Waals surface area contributed by atoms with Gasteiger partial charge >= 0.3 is 17.5 Å². The molecule has 1 saturated heterocycles. The quantitative estimate of drug-likeness (QED) is 0.610. The Balaban J connectivity index is 1.32. The number of anilines is 1. The molecular formula is C21H22N4O3. The maximum atomic E-state index is 12.5. The molecule has 7 nitrogen and oxygen atoms in total. The van der Waals surface area contributed by atoms with Crippen molar-refractivity contribution in [1.82, 2.24) is 14.9 Å². The smallest absolute Gasteiger partial charge is 0.323 e. The van der Waals surface area contributed by atoms with Crippen molar-refractivity contribution in [3.8, 4) is 0 Å². The fourth-order valence-corrected chi connectivity index (χ4v) is 3.73. The van der Waals surface area contributed by atoms with Gasteiger partial charge in [0, 0.05) is 18.8 Å². The van der Waals surface area contributed by atoms with Crippen LogP contribution in [0.15, 0.2) is 53.3 Å². The number of fused-ring (bicyclic) bond motifs is 1. The van der Waals surface area contributed by atoms with Crippen LogP contribution in [0.25, 0.3) is 11.0 Å². The van der Waals surface area contributed by atoms with Gasteiger partial charge in [-0.25, -0.2) is 4.79 Å². The van der Waals surface area contributed by atoms with Gasteiger partial charge in [-0.05, 0) is 48.9 Å². The number of H-pyrrole nitrogens is 2. The number of likely N-dealkylation sites (tertiary alicyclic amines) is 1. The average Bonchev–Trinajstić information content (AvgIpc) is 3.08. The number of amides is 2. The number of benzene rings is 2. The van der Waals surface area contributed by atoms with Crippen LogP contribution in [0.3, 0.4) is 0 Å². The predicted octanol–water partition coefficient (Wildman–Crippen LogP) is 2.28. The molecule has 2 heterocycles. The summed E-state index contributed by atoms with van der Waals surface area (Å²) < 4.78 is 0. The van der Waals surface area contributed by atoms with Crippen molar-refractivity contribution in [1.29, 1.82) is 0 Å². The number of piperidine rings is 1. The van der Waals surface area contributed by atoms with Gasteiger partial charge in [-0.3, -0.25) is 9.59 Å². The Morgan fingerprint density at radius 1 is 1.00 bits per heavy atom. The zero-order valence-corrected chi connectivity index (χ0v) is 15.4. The molecule has 144 valence electrons. The van der Waals surface area contributed by atoms with E-state index in [1.54, 1.807) is 23.1 Å². The first-order valence-corrected chi connectivity index (χ1v) is 9.45. The first-order chi connectivity index (χ1) is 13.6. The summed E-state index contributed by atoms with van der Waals surface area (Å²) in [4.78, 5) is 43.0. The summed E-state index contributed by atoms with van der Waals surface area (Å²) in [5, 5.41) is 2.63. The van der Waals surface area contributed by atoms with Crippen molar-refractivity contribution >= 4 is 28.5 Å². The highest BCUT2D eigenvalue weighted by Gasteiger charge is 2.27. The van der Waals surface area contributed by atoms with E-state index in [1.807, 2.05) is 18.2 Å². The number of aromatic nitrogens is 2. The van der Waals surface area contributed by atoms with Crippen molar-refractivity contribution in [2.45, 2.75) is 19.3 Å². The highest BCUT2D eigenvalue weighted by molar-refractivity contribution is 6.39. The fraction of sp³-hybridized carbons (Fsp3) is 0.286. The molecule has 2 amide bonds. The van der Waals surface area contributed by atoms with Crippen LogP contribution < -0.4 is 11.0 Å². The second kappa shape index (κ2) is 7.72. The second-order valence-corrected chi connectivity index (χ2v) is 7.22. The van der Waals surface area contributed by atoms with E-state index < -0.39 is 11.8 Å².